The van der Waals surface area contributed by atoms with Crippen molar-refractivity contribution in [3.63, 3.8) is 0 Å². The number of fused-ring (bicyclic) bond motifs is 3. The first kappa shape index (κ1) is 19.5. The highest BCUT2D eigenvalue weighted by atomic mass is 16.2. The van der Waals surface area contributed by atoms with Crippen LogP contribution in [0.4, 0.5) is 4.79 Å². The molecule has 2 heterocycles. The fourth-order valence-corrected chi connectivity index (χ4v) is 5.83. The molecule has 0 bridgehead atoms. The Morgan fingerprint density at radius 3 is 2.66 bits per heavy atom. The number of urea groups is 1. The lowest BCUT2D eigenvalue weighted by Crippen LogP contribution is -2.44. The summed E-state index contributed by atoms with van der Waals surface area (Å²) in [7, 11) is 0. The molecule has 3 aromatic rings. The smallest absolute Gasteiger partial charge is 0.317 e. The summed E-state index contributed by atoms with van der Waals surface area (Å²) in [5.74, 6) is 4.01. The van der Waals surface area contributed by atoms with Crippen LogP contribution < -0.4 is 5.32 Å². The summed E-state index contributed by atoms with van der Waals surface area (Å²) < 4.78 is 0. The van der Waals surface area contributed by atoms with Crippen LogP contribution in [0, 0.1) is 11.8 Å². The molecule has 1 aromatic heterocycles. The number of aromatic nitrogens is 3. The van der Waals surface area contributed by atoms with Crippen LogP contribution in [0.2, 0.25) is 0 Å². The predicted octanol–water partition coefficient (Wildman–Crippen LogP) is 4.34. The van der Waals surface area contributed by atoms with Crippen molar-refractivity contribution in [1.29, 1.82) is 0 Å². The highest BCUT2D eigenvalue weighted by molar-refractivity contribution is 5.74. The molecule has 6 rings (SSSR count). The molecular formula is C26H29N5O. The average Bonchev–Trinajstić information content (AvgIpc) is 3.35. The van der Waals surface area contributed by atoms with Gasteiger partial charge in [-0.15, -0.1) is 0 Å². The van der Waals surface area contributed by atoms with Crippen LogP contribution in [0.15, 0.2) is 54.6 Å². The van der Waals surface area contributed by atoms with Gasteiger partial charge in [-0.2, -0.15) is 5.10 Å². The third kappa shape index (κ3) is 3.57. The van der Waals surface area contributed by atoms with E-state index in [9.17, 15) is 4.79 Å². The summed E-state index contributed by atoms with van der Waals surface area (Å²) in [5, 5.41) is 10.7. The van der Waals surface area contributed by atoms with Crippen molar-refractivity contribution in [1.82, 2.24) is 25.4 Å². The minimum Gasteiger partial charge on any atom is -0.338 e. The van der Waals surface area contributed by atoms with Crippen molar-refractivity contribution in [3.05, 3.63) is 71.5 Å². The first-order valence-corrected chi connectivity index (χ1v) is 11.9. The number of carbonyl (C=O) groups excluding carboxylic acids is 1. The zero-order chi connectivity index (χ0) is 21.5. The number of nitrogens with one attached hydrogen (secondary N) is 2. The van der Waals surface area contributed by atoms with E-state index in [4.69, 9.17) is 4.98 Å². The molecule has 32 heavy (non-hydrogen) atoms. The minimum absolute atomic E-state index is 0.0860. The molecule has 1 aliphatic heterocycles. The van der Waals surface area contributed by atoms with Crippen molar-refractivity contribution < 1.29 is 4.79 Å². The lowest BCUT2D eigenvalue weighted by atomic mass is 9.92. The summed E-state index contributed by atoms with van der Waals surface area (Å²) in [6.45, 7) is 2.32. The first-order valence-electron chi connectivity index (χ1n) is 11.9. The monoisotopic (exact) mass is 427 g/mol. The molecule has 2 fully saturated rings. The van der Waals surface area contributed by atoms with E-state index in [0.717, 1.165) is 55.6 Å². The Kier molecular flexibility index (Phi) is 4.93. The number of aryl methyl sites for hydroxylation is 1. The van der Waals surface area contributed by atoms with Gasteiger partial charge < -0.3 is 10.2 Å². The molecule has 3 atom stereocenters. The van der Waals surface area contributed by atoms with Gasteiger partial charge in [-0.3, -0.25) is 5.10 Å². The molecule has 2 aromatic carbocycles. The molecule has 2 amide bonds. The Labute approximate surface area is 188 Å². The number of carbonyl (C=O) groups is 1. The zero-order valence-corrected chi connectivity index (χ0v) is 18.2. The van der Waals surface area contributed by atoms with Crippen LogP contribution in [-0.4, -0.2) is 45.7 Å². The van der Waals surface area contributed by atoms with Gasteiger partial charge >= 0.3 is 6.03 Å². The first-order chi connectivity index (χ1) is 15.8. The largest absolute Gasteiger partial charge is 0.338 e. The van der Waals surface area contributed by atoms with E-state index in [0.29, 0.717) is 17.8 Å². The third-order valence-electron chi connectivity index (χ3n) is 7.69. The Morgan fingerprint density at radius 1 is 1.03 bits per heavy atom. The molecule has 6 heteroatoms. The van der Waals surface area contributed by atoms with E-state index in [2.05, 4.69) is 39.8 Å². The fraction of sp³-hybridized carbons (Fsp3) is 0.423. The molecule has 2 aliphatic carbocycles. The lowest BCUT2D eigenvalue weighted by Gasteiger charge is -2.31. The summed E-state index contributed by atoms with van der Waals surface area (Å²) in [5.41, 5.74) is 4.05. The summed E-state index contributed by atoms with van der Waals surface area (Å²) in [4.78, 5) is 19.5. The number of H-pyrrole nitrogens is 1. The maximum absolute atomic E-state index is 12.8. The van der Waals surface area contributed by atoms with Gasteiger partial charge in [-0.05, 0) is 54.6 Å². The number of aromatic amines is 1. The second-order valence-electron chi connectivity index (χ2n) is 9.45. The van der Waals surface area contributed by atoms with Crippen molar-refractivity contribution >= 4 is 6.03 Å². The van der Waals surface area contributed by atoms with E-state index in [1.54, 1.807) is 0 Å². The average molecular weight is 428 g/mol. The molecule has 1 saturated heterocycles. The summed E-state index contributed by atoms with van der Waals surface area (Å²) in [6, 6.07) is 19.0. The van der Waals surface area contributed by atoms with Crippen LogP contribution in [-0.2, 0) is 6.42 Å². The molecule has 0 radical (unpaired) electrons. The molecule has 1 saturated carbocycles. The lowest BCUT2D eigenvalue weighted by molar-refractivity contribution is 0.180. The van der Waals surface area contributed by atoms with Crippen molar-refractivity contribution in [2.75, 3.05) is 19.6 Å². The van der Waals surface area contributed by atoms with Gasteiger partial charge in [0, 0.05) is 31.1 Å². The van der Waals surface area contributed by atoms with Gasteiger partial charge in [0.25, 0.3) is 0 Å². The molecule has 164 valence electrons. The van der Waals surface area contributed by atoms with Gasteiger partial charge in [-0.25, -0.2) is 9.78 Å². The maximum Gasteiger partial charge on any atom is 0.317 e. The Morgan fingerprint density at radius 2 is 1.81 bits per heavy atom. The molecule has 2 N–H and O–H groups in total. The topological polar surface area (TPSA) is 73.9 Å². The van der Waals surface area contributed by atoms with Crippen LogP contribution in [0.1, 0.15) is 48.0 Å². The SMILES string of the molecule is O=C(NCC1C2CCc3ccccc3C21)N1CCC(c2nc(-c3ccccc3)n[nH]2)CC1. The van der Waals surface area contributed by atoms with Crippen molar-refractivity contribution in [2.45, 2.75) is 37.5 Å². The van der Waals surface area contributed by atoms with Gasteiger partial charge in [0.15, 0.2) is 5.82 Å². The van der Waals surface area contributed by atoms with E-state index >= 15 is 0 Å². The van der Waals surface area contributed by atoms with Crippen LogP contribution >= 0.6 is 0 Å². The second-order valence-corrected chi connectivity index (χ2v) is 9.45. The number of amides is 2. The molecular weight excluding hydrogens is 398 g/mol. The maximum atomic E-state index is 12.8. The van der Waals surface area contributed by atoms with Crippen LogP contribution in [0.3, 0.4) is 0 Å². The van der Waals surface area contributed by atoms with Crippen molar-refractivity contribution in [2.24, 2.45) is 11.8 Å². The van der Waals surface area contributed by atoms with Crippen LogP contribution in [0.25, 0.3) is 11.4 Å². The predicted molar refractivity (Wildman–Crippen MR) is 123 cm³/mol. The number of rotatable bonds is 4. The quantitative estimate of drug-likeness (QED) is 0.651. The van der Waals surface area contributed by atoms with Crippen LogP contribution in [0.5, 0.6) is 0 Å². The van der Waals surface area contributed by atoms with Crippen molar-refractivity contribution in [3.8, 4) is 11.4 Å². The highest BCUT2D eigenvalue weighted by Gasteiger charge is 2.52. The zero-order valence-electron chi connectivity index (χ0n) is 18.2. The van der Waals surface area contributed by atoms with Gasteiger partial charge in [0.1, 0.15) is 5.82 Å². The van der Waals surface area contributed by atoms with E-state index in [-0.39, 0.29) is 6.03 Å². The number of benzene rings is 2. The molecule has 0 spiro atoms. The third-order valence-corrected chi connectivity index (χ3v) is 7.69. The standard InChI is InChI=1S/C26H29N5O/c32-26(27-16-22-21-11-10-17-6-4-5-9-20(17)23(21)22)31-14-12-19(13-15-31)25-28-24(29-30-25)18-7-2-1-3-8-18/h1-9,19,21-23H,10-16H2,(H,27,32)(H,28,29,30). The summed E-state index contributed by atoms with van der Waals surface area (Å²) >= 11 is 0. The number of hydrogen-bond acceptors (Lipinski definition) is 3. The Balaban J connectivity index is 1.00. The number of hydrogen-bond donors (Lipinski definition) is 2. The van der Waals surface area contributed by atoms with Gasteiger partial charge in [0.05, 0.1) is 0 Å². The molecule has 3 aliphatic rings. The van der Waals surface area contributed by atoms with E-state index in [1.165, 1.54) is 24.0 Å². The fourth-order valence-electron chi connectivity index (χ4n) is 5.83. The van der Waals surface area contributed by atoms with Gasteiger partial charge in [0.2, 0.25) is 0 Å². The summed E-state index contributed by atoms with van der Waals surface area (Å²) in [6.07, 6.45) is 4.27. The minimum atomic E-state index is 0.0860. The Bertz CT molecular complexity index is 1100. The van der Waals surface area contributed by atoms with E-state index < -0.39 is 0 Å². The number of piperidine rings is 1. The molecule has 3 unspecified atom stereocenters. The second kappa shape index (κ2) is 8.08. The number of nitrogens with zero attached hydrogens (tertiary/aromatic N) is 3. The molecule has 6 nitrogen and oxygen atoms in total. The number of likely N-dealkylation sites (tertiary alicyclic amines) is 1. The van der Waals surface area contributed by atoms with E-state index in [1.807, 2.05) is 35.2 Å². The van der Waals surface area contributed by atoms with Gasteiger partial charge in [-0.1, -0.05) is 54.6 Å². The Hall–Kier alpha value is -3.15. The normalized spacial score (nSPS) is 24.5. The highest BCUT2D eigenvalue weighted by Crippen LogP contribution is 2.59.